The van der Waals surface area contributed by atoms with Crippen molar-refractivity contribution in [3.05, 3.63) is 190 Å². The molecule has 0 saturated heterocycles. The van der Waals surface area contributed by atoms with Gasteiger partial charge in [0.05, 0.1) is 11.1 Å². The highest BCUT2D eigenvalue weighted by Gasteiger charge is 2.31. The standard InChI is InChI=1S/C45H32O4/c1-45(2,41-17-9-15-39(43(46)47)37(41)29-23-31-19-25-35(26-20-31)33-11-5-3-6-12-33)42-18-10-16-40(44(48)49)38(42)30-24-32-21-27-36(28-22-32)34-13-7-4-8-14-34/h3-22,25-28H,1-2H3,(H,46,47)(H,48,49). The van der Waals surface area contributed by atoms with Crippen LogP contribution in [0.15, 0.2) is 146 Å². The minimum atomic E-state index is -1.10. The van der Waals surface area contributed by atoms with Crippen LogP contribution in [-0.2, 0) is 5.41 Å². The van der Waals surface area contributed by atoms with Crippen molar-refractivity contribution in [2.75, 3.05) is 0 Å². The van der Waals surface area contributed by atoms with Gasteiger partial charge in [0, 0.05) is 27.7 Å². The summed E-state index contributed by atoms with van der Waals surface area (Å²) in [5.41, 5.74) is 7.06. The Balaban J connectivity index is 1.41. The van der Waals surface area contributed by atoms with E-state index in [1.54, 1.807) is 12.1 Å². The lowest BCUT2D eigenvalue weighted by atomic mass is 9.73. The van der Waals surface area contributed by atoms with Crippen molar-refractivity contribution >= 4 is 11.9 Å². The molecule has 2 N–H and O–H groups in total. The van der Waals surface area contributed by atoms with Crippen LogP contribution in [0.4, 0.5) is 0 Å². The van der Waals surface area contributed by atoms with Crippen LogP contribution in [0.2, 0.25) is 0 Å². The van der Waals surface area contributed by atoms with Gasteiger partial charge in [0.25, 0.3) is 0 Å². The predicted molar refractivity (Wildman–Crippen MR) is 195 cm³/mol. The van der Waals surface area contributed by atoms with E-state index in [4.69, 9.17) is 0 Å². The summed E-state index contributed by atoms with van der Waals surface area (Å²) in [7, 11) is 0. The lowest BCUT2D eigenvalue weighted by Gasteiger charge is -2.29. The highest BCUT2D eigenvalue weighted by Crippen LogP contribution is 2.37. The van der Waals surface area contributed by atoms with E-state index in [2.05, 4.69) is 23.7 Å². The highest BCUT2D eigenvalue weighted by molar-refractivity contribution is 5.93. The number of carboxylic acid groups (broad SMARTS) is 2. The molecule has 0 saturated carbocycles. The Kier molecular flexibility index (Phi) is 9.25. The molecule has 0 bridgehead atoms. The molecule has 4 heteroatoms. The van der Waals surface area contributed by atoms with Crippen LogP contribution in [0.3, 0.4) is 0 Å². The Morgan fingerprint density at radius 1 is 0.429 bits per heavy atom. The minimum absolute atomic E-state index is 0.0690. The number of carboxylic acids is 2. The van der Waals surface area contributed by atoms with E-state index < -0.39 is 17.4 Å². The Bertz CT molecular complexity index is 2110. The van der Waals surface area contributed by atoms with Crippen molar-refractivity contribution in [2.24, 2.45) is 0 Å². The number of hydrogen-bond acceptors (Lipinski definition) is 2. The van der Waals surface area contributed by atoms with Crippen LogP contribution < -0.4 is 0 Å². The summed E-state index contributed by atoms with van der Waals surface area (Å²) in [5.74, 6) is 10.5. The highest BCUT2D eigenvalue weighted by atomic mass is 16.4. The topological polar surface area (TPSA) is 74.6 Å². The van der Waals surface area contributed by atoms with Crippen molar-refractivity contribution in [2.45, 2.75) is 19.3 Å². The van der Waals surface area contributed by atoms with Crippen molar-refractivity contribution in [1.82, 2.24) is 0 Å². The second-order valence-corrected chi connectivity index (χ2v) is 12.1. The van der Waals surface area contributed by atoms with Gasteiger partial charge in [0.15, 0.2) is 0 Å². The Morgan fingerprint density at radius 3 is 1.12 bits per heavy atom. The average molecular weight is 637 g/mol. The molecular formula is C45H32O4. The summed E-state index contributed by atoms with van der Waals surface area (Å²) in [6.07, 6.45) is 0. The SMILES string of the molecule is CC(C)(c1cccc(C(=O)O)c1C#Cc1ccc(-c2ccccc2)cc1)c1cccc(C(=O)O)c1C#Cc1ccc(-c2ccccc2)cc1. The van der Waals surface area contributed by atoms with Gasteiger partial charge in [-0.3, -0.25) is 0 Å². The predicted octanol–water partition coefficient (Wildman–Crippen LogP) is 9.54. The van der Waals surface area contributed by atoms with Crippen molar-refractivity contribution in [3.8, 4) is 45.9 Å². The first-order valence-corrected chi connectivity index (χ1v) is 15.8. The molecule has 0 radical (unpaired) electrons. The lowest BCUT2D eigenvalue weighted by Crippen LogP contribution is -2.24. The van der Waals surface area contributed by atoms with E-state index in [9.17, 15) is 19.8 Å². The van der Waals surface area contributed by atoms with Crippen molar-refractivity contribution in [1.29, 1.82) is 0 Å². The van der Waals surface area contributed by atoms with E-state index in [0.29, 0.717) is 22.3 Å². The molecule has 0 fully saturated rings. The fourth-order valence-corrected chi connectivity index (χ4v) is 5.94. The van der Waals surface area contributed by atoms with Crippen LogP contribution in [0.25, 0.3) is 22.3 Å². The zero-order valence-corrected chi connectivity index (χ0v) is 27.1. The molecule has 4 nitrogen and oxygen atoms in total. The van der Waals surface area contributed by atoms with Crippen LogP contribution in [0.1, 0.15) is 67.9 Å². The Labute approximate surface area is 286 Å². The molecule has 0 spiro atoms. The summed E-state index contributed by atoms with van der Waals surface area (Å²) in [4.78, 5) is 24.9. The molecule has 236 valence electrons. The summed E-state index contributed by atoms with van der Waals surface area (Å²) in [5, 5.41) is 20.4. The van der Waals surface area contributed by atoms with Crippen LogP contribution in [0, 0.1) is 23.7 Å². The van der Waals surface area contributed by atoms with Gasteiger partial charge in [-0.15, -0.1) is 0 Å². The molecule has 49 heavy (non-hydrogen) atoms. The molecular weight excluding hydrogens is 604 g/mol. The maximum atomic E-state index is 12.5. The van der Waals surface area contributed by atoms with Gasteiger partial charge in [-0.1, -0.05) is 147 Å². The van der Waals surface area contributed by atoms with Crippen LogP contribution >= 0.6 is 0 Å². The zero-order chi connectivity index (χ0) is 34.4. The van der Waals surface area contributed by atoms with Gasteiger partial charge in [-0.2, -0.15) is 0 Å². The Hall–Kier alpha value is -6.62. The molecule has 0 heterocycles. The third-order valence-electron chi connectivity index (χ3n) is 8.58. The second kappa shape index (κ2) is 14.0. The van der Waals surface area contributed by atoms with Gasteiger partial charge in [0.2, 0.25) is 0 Å². The second-order valence-electron chi connectivity index (χ2n) is 12.1. The first-order chi connectivity index (χ1) is 23.7. The monoisotopic (exact) mass is 636 g/mol. The third kappa shape index (κ3) is 7.05. The quantitative estimate of drug-likeness (QED) is 0.179. The van der Waals surface area contributed by atoms with Crippen molar-refractivity contribution in [3.63, 3.8) is 0 Å². The number of aromatic carboxylic acids is 2. The summed E-state index contributed by atoms with van der Waals surface area (Å²) >= 11 is 0. The molecule has 6 aromatic rings. The first kappa shape index (κ1) is 32.3. The lowest BCUT2D eigenvalue weighted by molar-refractivity contribution is 0.0685. The van der Waals surface area contributed by atoms with E-state index in [0.717, 1.165) is 33.4 Å². The maximum Gasteiger partial charge on any atom is 0.336 e. The smallest absolute Gasteiger partial charge is 0.336 e. The summed E-state index contributed by atoms with van der Waals surface area (Å²) < 4.78 is 0. The Morgan fingerprint density at radius 2 is 0.776 bits per heavy atom. The van der Waals surface area contributed by atoms with E-state index >= 15 is 0 Å². The summed E-state index contributed by atoms with van der Waals surface area (Å²) in [6, 6.07) is 45.9. The van der Waals surface area contributed by atoms with Gasteiger partial charge < -0.3 is 10.2 Å². The number of benzene rings is 6. The maximum absolute atomic E-state index is 12.5. The zero-order valence-electron chi connectivity index (χ0n) is 27.1. The third-order valence-corrected chi connectivity index (χ3v) is 8.58. The molecule has 0 aliphatic heterocycles. The summed E-state index contributed by atoms with van der Waals surface area (Å²) in [6.45, 7) is 3.88. The van der Waals surface area contributed by atoms with Crippen LogP contribution in [0.5, 0.6) is 0 Å². The van der Waals surface area contributed by atoms with Gasteiger partial charge in [-0.25, -0.2) is 9.59 Å². The van der Waals surface area contributed by atoms with E-state index in [1.165, 1.54) is 12.1 Å². The largest absolute Gasteiger partial charge is 0.478 e. The number of rotatable bonds is 6. The minimum Gasteiger partial charge on any atom is -0.478 e. The number of hydrogen-bond donors (Lipinski definition) is 2. The normalized spacial score (nSPS) is 10.7. The van der Waals surface area contributed by atoms with Gasteiger partial charge >= 0.3 is 11.9 Å². The van der Waals surface area contributed by atoms with E-state index in [-0.39, 0.29) is 11.1 Å². The molecule has 0 aliphatic carbocycles. The molecule has 0 amide bonds. The van der Waals surface area contributed by atoms with Crippen molar-refractivity contribution < 1.29 is 19.8 Å². The molecule has 6 aromatic carbocycles. The van der Waals surface area contributed by atoms with Gasteiger partial charge in [-0.05, 0) is 69.8 Å². The van der Waals surface area contributed by atoms with Gasteiger partial charge in [0.1, 0.15) is 0 Å². The fraction of sp³-hybridized carbons (Fsp3) is 0.0667. The molecule has 0 unspecified atom stereocenters. The molecule has 0 aliphatic rings. The average Bonchev–Trinajstić information content (AvgIpc) is 3.13. The first-order valence-electron chi connectivity index (χ1n) is 15.8. The molecule has 6 rings (SSSR count). The molecule has 0 atom stereocenters. The van der Waals surface area contributed by atoms with Crippen LogP contribution in [-0.4, -0.2) is 22.2 Å². The fourth-order valence-electron chi connectivity index (χ4n) is 5.94. The van der Waals surface area contributed by atoms with E-state index in [1.807, 2.05) is 135 Å². The number of carbonyl (C=O) groups is 2. The molecule has 0 aromatic heterocycles.